The summed E-state index contributed by atoms with van der Waals surface area (Å²) in [7, 11) is 0. The molecule has 4 nitrogen and oxygen atoms in total. The van der Waals surface area contributed by atoms with Crippen LogP contribution in [0, 0.1) is 5.92 Å². The average Bonchev–Trinajstić information content (AvgIpc) is 2.44. The maximum Gasteiger partial charge on any atom is 0.227 e. The number of likely N-dealkylation sites (tertiary alicyclic amines) is 1. The lowest BCUT2D eigenvalue weighted by molar-refractivity contribution is -0.133. The molecule has 2 unspecified atom stereocenters. The van der Waals surface area contributed by atoms with E-state index < -0.39 is 0 Å². The Bertz CT molecular complexity index is 444. The van der Waals surface area contributed by atoms with Crippen molar-refractivity contribution in [2.45, 2.75) is 32.8 Å². The minimum atomic E-state index is -0.274. The average molecular weight is 277 g/mol. The molecule has 1 fully saturated rings. The second kappa shape index (κ2) is 6.75. The van der Waals surface area contributed by atoms with Gasteiger partial charge in [-0.25, -0.2) is 0 Å². The third kappa shape index (κ3) is 3.73. The SMILES string of the molecule is CCOc1ccc(CC(=O)N2CCC(O)C(C)C2)cc1. The van der Waals surface area contributed by atoms with Gasteiger partial charge in [-0.3, -0.25) is 4.79 Å². The highest BCUT2D eigenvalue weighted by atomic mass is 16.5. The van der Waals surface area contributed by atoms with Crippen molar-refractivity contribution >= 4 is 5.91 Å². The molecule has 1 aliphatic heterocycles. The van der Waals surface area contributed by atoms with E-state index in [9.17, 15) is 9.90 Å². The number of carbonyl (C=O) groups excluding carboxylic acids is 1. The zero-order valence-corrected chi connectivity index (χ0v) is 12.2. The van der Waals surface area contributed by atoms with Crippen LogP contribution in [0.1, 0.15) is 25.8 Å². The number of nitrogens with zero attached hydrogens (tertiary/aromatic N) is 1. The Hall–Kier alpha value is -1.55. The van der Waals surface area contributed by atoms with Crippen LogP contribution in [0.5, 0.6) is 5.75 Å². The van der Waals surface area contributed by atoms with Crippen molar-refractivity contribution in [3.05, 3.63) is 29.8 Å². The zero-order chi connectivity index (χ0) is 14.5. The van der Waals surface area contributed by atoms with Gasteiger partial charge in [0.2, 0.25) is 5.91 Å². The van der Waals surface area contributed by atoms with Crippen molar-refractivity contribution in [2.24, 2.45) is 5.92 Å². The van der Waals surface area contributed by atoms with Crippen molar-refractivity contribution < 1.29 is 14.6 Å². The lowest BCUT2D eigenvalue weighted by Gasteiger charge is -2.34. The monoisotopic (exact) mass is 277 g/mol. The molecule has 2 atom stereocenters. The van der Waals surface area contributed by atoms with Crippen molar-refractivity contribution in [3.8, 4) is 5.75 Å². The van der Waals surface area contributed by atoms with Crippen LogP contribution in [0.2, 0.25) is 0 Å². The van der Waals surface area contributed by atoms with Gasteiger partial charge in [0.1, 0.15) is 5.75 Å². The van der Waals surface area contributed by atoms with Gasteiger partial charge in [0.25, 0.3) is 0 Å². The third-order valence-corrected chi connectivity index (χ3v) is 3.80. The molecule has 1 aromatic carbocycles. The summed E-state index contributed by atoms with van der Waals surface area (Å²) in [5, 5.41) is 9.70. The molecule has 0 aromatic heterocycles. The number of benzene rings is 1. The predicted octanol–water partition coefficient (Wildman–Crippen LogP) is 1.86. The Morgan fingerprint density at radius 1 is 1.40 bits per heavy atom. The first-order chi connectivity index (χ1) is 9.60. The Morgan fingerprint density at radius 2 is 2.10 bits per heavy atom. The van der Waals surface area contributed by atoms with Gasteiger partial charge in [-0.1, -0.05) is 19.1 Å². The lowest BCUT2D eigenvalue weighted by Crippen LogP contribution is -2.45. The normalized spacial score (nSPS) is 22.6. The number of hydrogen-bond acceptors (Lipinski definition) is 3. The maximum atomic E-state index is 12.2. The molecule has 1 heterocycles. The van der Waals surface area contributed by atoms with Crippen molar-refractivity contribution in [1.82, 2.24) is 4.90 Å². The van der Waals surface area contributed by atoms with Crippen LogP contribution in [0.3, 0.4) is 0 Å². The Kier molecular flexibility index (Phi) is 5.01. The lowest BCUT2D eigenvalue weighted by atomic mass is 9.96. The van der Waals surface area contributed by atoms with Crippen LogP contribution in [-0.4, -0.2) is 41.7 Å². The van der Waals surface area contributed by atoms with Crippen LogP contribution >= 0.6 is 0 Å². The highest BCUT2D eigenvalue weighted by Gasteiger charge is 2.26. The van der Waals surface area contributed by atoms with E-state index in [0.29, 0.717) is 32.5 Å². The van der Waals surface area contributed by atoms with Gasteiger partial charge in [0.15, 0.2) is 0 Å². The van der Waals surface area contributed by atoms with Gasteiger partial charge in [0, 0.05) is 13.1 Å². The second-order valence-corrected chi connectivity index (χ2v) is 5.43. The molecule has 0 bridgehead atoms. The van der Waals surface area contributed by atoms with Crippen LogP contribution < -0.4 is 4.74 Å². The summed E-state index contributed by atoms with van der Waals surface area (Å²) >= 11 is 0. The fourth-order valence-corrected chi connectivity index (χ4v) is 2.52. The van der Waals surface area contributed by atoms with Crippen LogP contribution in [0.15, 0.2) is 24.3 Å². The minimum Gasteiger partial charge on any atom is -0.494 e. The van der Waals surface area contributed by atoms with E-state index in [1.165, 1.54) is 0 Å². The first-order valence-electron chi connectivity index (χ1n) is 7.27. The van der Waals surface area contributed by atoms with Gasteiger partial charge < -0.3 is 14.7 Å². The van der Waals surface area contributed by atoms with Gasteiger partial charge >= 0.3 is 0 Å². The third-order valence-electron chi connectivity index (χ3n) is 3.80. The summed E-state index contributed by atoms with van der Waals surface area (Å²) in [4.78, 5) is 14.1. The summed E-state index contributed by atoms with van der Waals surface area (Å²) < 4.78 is 5.38. The van der Waals surface area contributed by atoms with Gasteiger partial charge in [-0.15, -0.1) is 0 Å². The molecule has 1 amide bonds. The van der Waals surface area contributed by atoms with E-state index in [0.717, 1.165) is 11.3 Å². The van der Waals surface area contributed by atoms with Crippen molar-refractivity contribution in [1.29, 1.82) is 0 Å². The largest absolute Gasteiger partial charge is 0.494 e. The smallest absolute Gasteiger partial charge is 0.227 e. The number of hydrogen-bond donors (Lipinski definition) is 1. The fourth-order valence-electron chi connectivity index (χ4n) is 2.52. The Balaban J connectivity index is 1.90. The van der Waals surface area contributed by atoms with E-state index in [1.54, 1.807) is 0 Å². The van der Waals surface area contributed by atoms with Crippen molar-refractivity contribution in [3.63, 3.8) is 0 Å². The van der Waals surface area contributed by atoms with E-state index in [2.05, 4.69) is 0 Å². The molecule has 0 spiro atoms. The Labute approximate surface area is 120 Å². The van der Waals surface area contributed by atoms with Crippen LogP contribution in [-0.2, 0) is 11.2 Å². The standard InChI is InChI=1S/C16H23NO3/c1-3-20-14-6-4-13(5-7-14)10-16(19)17-9-8-15(18)12(2)11-17/h4-7,12,15,18H,3,8-11H2,1-2H3. The summed E-state index contributed by atoms with van der Waals surface area (Å²) in [5.41, 5.74) is 0.997. The zero-order valence-electron chi connectivity index (χ0n) is 12.2. The van der Waals surface area contributed by atoms with E-state index in [4.69, 9.17) is 4.74 Å². The second-order valence-electron chi connectivity index (χ2n) is 5.43. The van der Waals surface area contributed by atoms with Gasteiger partial charge in [0.05, 0.1) is 19.1 Å². The van der Waals surface area contributed by atoms with E-state index >= 15 is 0 Å². The molecule has 0 radical (unpaired) electrons. The van der Waals surface area contributed by atoms with Gasteiger partial charge in [-0.2, -0.15) is 0 Å². The topological polar surface area (TPSA) is 49.8 Å². The Morgan fingerprint density at radius 3 is 2.70 bits per heavy atom. The molecule has 110 valence electrons. The molecule has 20 heavy (non-hydrogen) atoms. The molecule has 4 heteroatoms. The molecular formula is C16H23NO3. The molecule has 1 saturated heterocycles. The summed E-state index contributed by atoms with van der Waals surface area (Å²) in [6.07, 6.45) is 0.815. The number of carbonyl (C=O) groups is 1. The molecular weight excluding hydrogens is 254 g/mol. The minimum absolute atomic E-state index is 0.132. The molecule has 2 rings (SSSR count). The number of aliphatic hydroxyl groups excluding tert-OH is 1. The number of piperidine rings is 1. The maximum absolute atomic E-state index is 12.2. The molecule has 1 aromatic rings. The fraction of sp³-hybridized carbons (Fsp3) is 0.562. The van der Waals surface area contributed by atoms with Crippen LogP contribution in [0.4, 0.5) is 0 Å². The van der Waals surface area contributed by atoms with Crippen molar-refractivity contribution in [2.75, 3.05) is 19.7 Å². The van der Waals surface area contributed by atoms with Crippen LogP contribution in [0.25, 0.3) is 0 Å². The van der Waals surface area contributed by atoms with E-state index in [-0.39, 0.29) is 17.9 Å². The van der Waals surface area contributed by atoms with E-state index in [1.807, 2.05) is 43.0 Å². The molecule has 1 aliphatic rings. The first kappa shape index (κ1) is 14.9. The molecule has 0 saturated carbocycles. The first-order valence-corrected chi connectivity index (χ1v) is 7.27. The highest BCUT2D eigenvalue weighted by molar-refractivity contribution is 5.79. The number of amides is 1. The number of rotatable bonds is 4. The summed E-state index contributed by atoms with van der Waals surface area (Å²) in [6.45, 7) is 5.88. The highest BCUT2D eigenvalue weighted by Crippen LogP contribution is 2.18. The molecule has 1 N–H and O–H groups in total. The quantitative estimate of drug-likeness (QED) is 0.914. The summed E-state index contributed by atoms with van der Waals surface area (Å²) in [6, 6.07) is 7.67. The summed E-state index contributed by atoms with van der Waals surface area (Å²) in [5.74, 6) is 1.12. The van der Waals surface area contributed by atoms with Gasteiger partial charge in [-0.05, 0) is 37.0 Å². The molecule has 0 aliphatic carbocycles. The number of ether oxygens (including phenoxy) is 1. The number of aliphatic hydroxyl groups is 1. The predicted molar refractivity (Wildman–Crippen MR) is 77.7 cm³/mol.